The van der Waals surface area contributed by atoms with Gasteiger partial charge >= 0.3 is 5.97 Å². The molecule has 0 aliphatic heterocycles. The molecule has 0 amide bonds. The molecule has 4 aliphatic rings. The molecular weight excluding hydrogens is 348 g/mol. The van der Waals surface area contributed by atoms with Gasteiger partial charge in [-0.1, -0.05) is 20.8 Å². The van der Waals surface area contributed by atoms with E-state index in [4.69, 9.17) is 5.11 Å². The van der Waals surface area contributed by atoms with Crippen LogP contribution >= 0.6 is 0 Å². The van der Waals surface area contributed by atoms with Crippen LogP contribution in [0.2, 0.25) is 0 Å². The molecule has 8 atom stereocenters. The number of hydrogen-bond donors (Lipinski definition) is 1. The fourth-order valence-corrected chi connectivity index (χ4v) is 8.80. The van der Waals surface area contributed by atoms with Crippen LogP contribution in [0.3, 0.4) is 0 Å². The SMILES string of the molecule is C[C@H](CCCC(=O)O)[C@H]1CC[C@H]2[C@@H]3CC[C@@H]4CC(=O)CC[C@]4(C)[C@H]3CC[C@]12C. The fraction of sp³-hybridized carbons (Fsp3) is 0.920. The number of ketones is 1. The van der Waals surface area contributed by atoms with E-state index in [9.17, 15) is 9.59 Å². The van der Waals surface area contributed by atoms with Crippen LogP contribution < -0.4 is 0 Å². The molecule has 3 heteroatoms. The summed E-state index contributed by atoms with van der Waals surface area (Å²) >= 11 is 0. The van der Waals surface area contributed by atoms with Gasteiger partial charge in [-0.2, -0.15) is 0 Å². The van der Waals surface area contributed by atoms with E-state index in [1.807, 2.05) is 0 Å². The predicted molar refractivity (Wildman–Crippen MR) is 111 cm³/mol. The van der Waals surface area contributed by atoms with Crippen LogP contribution in [0.5, 0.6) is 0 Å². The molecule has 4 fully saturated rings. The van der Waals surface area contributed by atoms with Gasteiger partial charge in [0.05, 0.1) is 0 Å². The predicted octanol–water partition coefficient (Wildman–Crippen LogP) is 6.11. The Morgan fingerprint density at radius 2 is 1.82 bits per heavy atom. The lowest BCUT2D eigenvalue weighted by atomic mass is 9.44. The van der Waals surface area contributed by atoms with E-state index in [2.05, 4.69) is 20.8 Å². The van der Waals surface area contributed by atoms with Crippen molar-refractivity contribution in [2.75, 3.05) is 0 Å². The average Bonchev–Trinajstić information content (AvgIpc) is 2.99. The zero-order valence-corrected chi connectivity index (χ0v) is 18.2. The first-order valence-electron chi connectivity index (χ1n) is 12.0. The Kier molecular flexibility index (Phi) is 5.42. The Morgan fingerprint density at radius 1 is 1.07 bits per heavy atom. The zero-order valence-electron chi connectivity index (χ0n) is 18.2. The molecule has 4 rings (SSSR count). The molecule has 158 valence electrons. The smallest absolute Gasteiger partial charge is 0.303 e. The molecule has 0 saturated heterocycles. The summed E-state index contributed by atoms with van der Waals surface area (Å²) in [4.78, 5) is 23.0. The summed E-state index contributed by atoms with van der Waals surface area (Å²) in [7, 11) is 0. The molecular formula is C25H40O3. The maximum atomic E-state index is 12.1. The molecule has 0 unspecified atom stereocenters. The Morgan fingerprint density at radius 3 is 2.57 bits per heavy atom. The maximum Gasteiger partial charge on any atom is 0.303 e. The lowest BCUT2D eigenvalue weighted by Crippen LogP contribution is -2.53. The van der Waals surface area contributed by atoms with E-state index >= 15 is 0 Å². The van der Waals surface area contributed by atoms with Gasteiger partial charge in [0.1, 0.15) is 5.78 Å². The third-order valence-corrected chi connectivity index (χ3v) is 10.3. The first kappa shape index (κ1) is 20.4. The van der Waals surface area contributed by atoms with Crippen molar-refractivity contribution in [2.24, 2.45) is 46.3 Å². The van der Waals surface area contributed by atoms with Gasteiger partial charge in [-0.3, -0.25) is 9.59 Å². The number of Topliss-reactive ketones (excluding diaryl/α,β-unsaturated/α-hetero) is 1. The molecule has 0 heterocycles. The summed E-state index contributed by atoms with van der Waals surface area (Å²) in [6.07, 6.45) is 13.1. The highest BCUT2D eigenvalue weighted by molar-refractivity contribution is 5.79. The first-order chi connectivity index (χ1) is 13.3. The summed E-state index contributed by atoms with van der Waals surface area (Å²) in [6.45, 7) is 7.50. The third kappa shape index (κ3) is 3.25. The number of rotatable bonds is 5. The number of carbonyl (C=O) groups excluding carboxylic acids is 1. The Balaban J connectivity index is 1.47. The second-order valence-electron chi connectivity index (χ2n) is 11.4. The molecule has 0 radical (unpaired) electrons. The number of carboxylic acid groups (broad SMARTS) is 1. The summed E-state index contributed by atoms with van der Waals surface area (Å²) < 4.78 is 0. The Bertz CT molecular complexity index is 627. The largest absolute Gasteiger partial charge is 0.481 e. The van der Waals surface area contributed by atoms with Gasteiger partial charge in [0.25, 0.3) is 0 Å². The molecule has 0 aromatic heterocycles. The van der Waals surface area contributed by atoms with Crippen molar-refractivity contribution >= 4 is 11.8 Å². The molecule has 1 N–H and O–H groups in total. The van der Waals surface area contributed by atoms with Crippen molar-refractivity contribution in [2.45, 2.75) is 97.8 Å². The molecule has 0 aromatic carbocycles. The molecule has 0 aromatic rings. The van der Waals surface area contributed by atoms with Gasteiger partial charge in [-0.25, -0.2) is 0 Å². The minimum absolute atomic E-state index is 0.320. The van der Waals surface area contributed by atoms with E-state index in [-0.39, 0.29) is 0 Å². The number of aliphatic carboxylic acids is 1. The van der Waals surface area contributed by atoms with Crippen molar-refractivity contribution in [1.29, 1.82) is 0 Å². The fourth-order valence-electron chi connectivity index (χ4n) is 8.80. The topological polar surface area (TPSA) is 54.4 Å². The van der Waals surface area contributed by atoms with Crippen molar-refractivity contribution in [1.82, 2.24) is 0 Å². The van der Waals surface area contributed by atoms with E-state index in [1.165, 1.54) is 38.5 Å². The second kappa shape index (κ2) is 7.43. The molecule has 4 aliphatic carbocycles. The molecule has 0 bridgehead atoms. The summed E-state index contributed by atoms with van der Waals surface area (Å²) in [5.74, 6) is 4.47. The zero-order chi connectivity index (χ0) is 20.1. The van der Waals surface area contributed by atoms with Crippen molar-refractivity contribution in [3.63, 3.8) is 0 Å². The van der Waals surface area contributed by atoms with Crippen molar-refractivity contribution in [3.8, 4) is 0 Å². The summed E-state index contributed by atoms with van der Waals surface area (Å²) in [6, 6.07) is 0. The Labute approximate surface area is 171 Å². The highest BCUT2D eigenvalue weighted by Gasteiger charge is 2.60. The summed E-state index contributed by atoms with van der Waals surface area (Å²) in [5, 5.41) is 8.97. The lowest BCUT2D eigenvalue weighted by molar-refractivity contribution is -0.140. The van der Waals surface area contributed by atoms with Gasteiger partial charge in [-0.15, -0.1) is 0 Å². The van der Waals surface area contributed by atoms with E-state index < -0.39 is 5.97 Å². The maximum absolute atomic E-state index is 12.1. The normalized spacial score (nSPS) is 46.4. The van der Waals surface area contributed by atoms with Gasteiger partial charge in [0.15, 0.2) is 0 Å². The molecule has 3 nitrogen and oxygen atoms in total. The highest BCUT2D eigenvalue weighted by atomic mass is 16.4. The van der Waals surface area contributed by atoms with Crippen LogP contribution in [0.1, 0.15) is 97.8 Å². The van der Waals surface area contributed by atoms with Crippen LogP contribution in [0, 0.1) is 46.3 Å². The van der Waals surface area contributed by atoms with E-state index in [0.717, 1.165) is 55.8 Å². The minimum Gasteiger partial charge on any atom is -0.481 e. The van der Waals surface area contributed by atoms with Crippen LogP contribution in [0.4, 0.5) is 0 Å². The monoisotopic (exact) mass is 388 g/mol. The van der Waals surface area contributed by atoms with Crippen LogP contribution in [-0.2, 0) is 9.59 Å². The van der Waals surface area contributed by atoms with E-state index in [1.54, 1.807) is 0 Å². The quantitative estimate of drug-likeness (QED) is 0.618. The van der Waals surface area contributed by atoms with Gasteiger partial charge in [-0.05, 0) is 104 Å². The molecule has 0 spiro atoms. The minimum atomic E-state index is -0.654. The van der Waals surface area contributed by atoms with Crippen LogP contribution in [0.25, 0.3) is 0 Å². The van der Waals surface area contributed by atoms with Crippen molar-refractivity contribution < 1.29 is 14.7 Å². The average molecular weight is 389 g/mol. The molecule has 28 heavy (non-hydrogen) atoms. The van der Waals surface area contributed by atoms with Gasteiger partial charge in [0, 0.05) is 19.3 Å². The van der Waals surface area contributed by atoms with Gasteiger partial charge in [0.2, 0.25) is 0 Å². The van der Waals surface area contributed by atoms with Crippen molar-refractivity contribution in [3.05, 3.63) is 0 Å². The Hall–Kier alpha value is -0.860. The number of carbonyl (C=O) groups is 2. The third-order valence-electron chi connectivity index (χ3n) is 10.3. The molecule has 4 saturated carbocycles. The summed E-state index contributed by atoms with van der Waals surface area (Å²) in [5.41, 5.74) is 0.862. The number of fused-ring (bicyclic) bond motifs is 5. The first-order valence-corrected chi connectivity index (χ1v) is 12.0. The van der Waals surface area contributed by atoms with Crippen LogP contribution in [-0.4, -0.2) is 16.9 Å². The lowest BCUT2D eigenvalue weighted by Gasteiger charge is -2.60. The number of hydrogen-bond acceptors (Lipinski definition) is 2. The second-order valence-corrected chi connectivity index (χ2v) is 11.4. The van der Waals surface area contributed by atoms with Gasteiger partial charge < -0.3 is 5.11 Å². The highest BCUT2D eigenvalue weighted by Crippen LogP contribution is 2.68. The van der Waals surface area contributed by atoms with E-state index in [0.29, 0.717) is 34.9 Å². The number of carboxylic acids is 1. The standard InChI is InChI=1S/C25H40O3/c1-16(5-4-6-23(27)28)20-9-10-21-19-8-7-17-15-18(26)11-13-24(17,2)22(19)12-14-25(20,21)3/h16-17,19-22H,4-15H2,1-3H3,(H,27,28)/t16-,17-,19+,20-,21+,22+,24+,25-/m1/s1. The van der Waals surface area contributed by atoms with Crippen LogP contribution in [0.15, 0.2) is 0 Å².